The Bertz CT molecular complexity index is 3250. The molecule has 260 valence electrons. The van der Waals surface area contributed by atoms with Crippen LogP contribution in [-0.2, 0) is 5.41 Å². The molecule has 0 spiro atoms. The largest absolute Gasteiger partial charge is 0.455 e. The fraction of sp³-hybridized carbons (Fsp3) is 0.0182. The molecule has 0 radical (unpaired) electrons. The van der Waals surface area contributed by atoms with E-state index in [0.29, 0.717) is 0 Å². The second-order valence-electron chi connectivity index (χ2n) is 15.1. The summed E-state index contributed by atoms with van der Waals surface area (Å²) in [7, 11) is 0. The van der Waals surface area contributed by atoms with Gasteiger partial charge >= 0.3 is 0 Å². The first kappa shape index (κ1) is 31.2. The van der Waals surface area contributed by atoms with Crippen molar-refractivity contribution in [3.63, 3.8) is 0 Å². The number of hydrogen-bond donors (Lipinski definition) is 0. The molecule has 10 aromatic carbocycles. The Morgan fingerprint density at radius 1 is 0.321 bits per heavy atom. The van der Waals surface area contributed by atoms with Crippen LogP contribution in [0, 0.1) is 0 Å². The van der Waals surface area contributed by atoms with E-state index < -0.39 is 5.41 Å². The zero-order valence-electron chi connectivity index (χ0n) is 30.5. The van der Waals surface area contributed by atoms with Gasteiger partial charge in [-0.15, -0.1) is 0 Å². The van der Waals surface area contributed by atoms with Gasteiger partial charge in [0.2, 0.25) is 0 Å². The summed E-state index contributed by atoms with van der Waals surface area (Å²) < 4.78 is 6.55. The lowest BCUT2D eigenvalue weighted by atomic mass is 9.67. The Hall–Kier alpha value is -7.22. The molecule has 0 saturated heterocycles. The van der Waals surface area contributed by atoms with E-state index in [2.05, 4.69) is 206 Å². The van der Waals surface area contributed by atoms with E-state index >= 15 is 0 Å². The van der Waals surface area contributed by atoms with E-state index in [9.17, 15) is 0 Å². The van der Waals surface area contributed by atoms with Gasteiger partial charge in [0, 0.05) is 16.2 Å². The Labute approximate surface area is 324 Å². The molecule has 1 nitrogen and oxygen atoms in total. The molecule has 0 amide bonds. The van der Waals surface area contributed by atoms with E-state index in [-0.39, 0.29) is 0 Å². The molecule has 0 N–H and O–H groups in total. The number of fused-ring (bicyclic) bond motifs is 10. The van der Waals surface area contributed by atoms with Gasteiger partial charge in [-0.1, -0.05) is 182 Å². The molecule has 1 aromatic heterocycles. The van der Waals surface area contributed by atoms with Crippen LogP contribution in [0.5, 0.6) is 0 Å². The first-order chi connectivity index (χ1) is 27.8. The van der Waals surface area contributed by atoms with Crippen LogP contribution in [0.2, 0.25) is 0 Å². The summed E-state index contributed by atoms with van der Waals surface area (Å²) in [5.41, 5.74) is 14.1. The summed E-state index contributed by atoms with van der Waals surface area (Å²) in [6, 6.07) is 75.9. The molecule has 1 aliphatic carbocycles. The van der Waals surface area contributed by atoms with E-state index in [0.717, 1.165) is 27.3 Å². The first-order valence-corrected chi connectivity index (χ1v) is 19.4. The molecule has 1 aliphatic rings. The van der Waals surface area contributed by atoms with E-state index in [1.165, 1.54) is 82.6 Å². The van der Waals surface area contributed by atoms with Crippen LogP contribution in [0.4, 0.5) is 0 Å². The van der Waals surface area contributed by atoms with Gasteiger partial charge in [-0.2, -0.15) is 0 Å². The van der Waals surface area contributed by atoms with Crippen molar-refractivity contribution in [1.82, 2.24) is 0 Å². The SMILES string of the molecule is c1ccc(C2(c3ccccc3)c3ccccc3-c3ccc(-c4c5ccccc5c(-c5ccc6oc7c8ccccc8ccc7c6c5)c5ccccc45)cc32)cc1. The highest BCUT2D eigenvalue weighted by molar-refractivity contribution is 6.23. The Kier molecular flexibility index (Phi) is 6.62. The van der Waals surface area contributed by atoms with Crippen molar-refractivity contribution in [1.29, 1.82) is 0 Å². The molecule has 0 bridgehead atoms. The Balaban J connectivity index is 1.13. The van der Waals surface area contributed by atoms with Gasteiger partial charge in [-0.3, -0.25) is 0 Å². The summed E-state index contributed by atoms with van der Waals surface area (Å²) in [5.74, 6) is 0. The maximum Gasteiger partial charge on any atom is 0.143 e. The van der Waals surface area contributed by atoms with Gasteiger partial charge in [0.25, 0.3) is 0 Å². The van der Waals surface area contributed by atoms with Crippen molar-refractivity contribution < 1.29 is 4.42 Å². The molecule has 0 unspecified atom stereocenters. The third kappa shape index (κ3) is 4.26. The lowest BCUT2D eigenvalue weighted by molar-refractivity contribution is 0.672. The van der Waals surface area contributed by atoms with E-state index in [1.54, 1.807) is 0 Å². The molecule has 1 heteroatoms. The van der Waals surface area contributed by atoms with Gasteiger partial charge in [0.15, 0.2) is 0 Å². The first-order valence-electron chi connectivity index (χ1n) is 19.4. The lowest BCUT2D eigenvalue weighted by Crippen LogP contribution is -2.28. The standard InChI is InChI=1S/C55H34O/c1-3-16-38(17-4-1)55(39-18-5-2-6-19-39)49-26-14-13-21-41(49)42-30-28-37(34-50(42)55)53-45-24-11-9-22-43(45)52(44-23-10-12-25-46(44)53)36-29-32-51-48(33-36)47-31-27-35-15-7-8-20-40(35)54(47)56-51/h1-34H. The molecule has 11 aromatic rings. The van der Waals surface area contributed by atoms with Crippen molar-refractivity contribution >= 4 is 54.3 Å². The fourth-order valence-corrected chi connectivity index (χ4v) is 10.0. The minimum Gasteiger partial charge on any atom is -0.455 e. The quantitative estimate of drug-likeness (QED) is 0.166. The maximum absolute atomic E-state index is 6.55. The molecule has 0 fully saturated rings. The Morgan fingerprint density at radius 2 is 0.839 bits per heavy atom. The lowest BCUT2D eigenvalue weighted by Gasteiger charge is -2.34. The fourth-order valence-electron chi connectivity index (χ4n) is 10.0. The Morgan fingerprint density at radius 3 is 1.50 bits per heavy atom. The van der Waals surface area contributed by atoms with E-state index in [1.807, 2.05) is 0 Å². The van der Waals surface area contributed by atoms with Crippen LogP contribution in [0.25, 0.3) is 87.6 Å². The van der Waals surface area contributed by atoms with Gasteiger partial charge in [0.1, 0.15) is 11.2 Å². The van der Waals surface area contributed by atoms with Gasteiger partial charge in [0.05, 0.1) is 5.41 Å². The van der Waals surface area contributed by atoms with E-state index in [4.69, 9.17) is 4.42 Å². The topological polar surface area (TPSA) is 13.1 Å². The minimum absolute atomic E-state index is 0.468. The minimum atomic E-state index is -0.468. The normalized spacial score (nSPS) is 13.1. The van der Waals surface area contributed by atoms with Crippen LogP contribution in [0.15, 0.2) is 211 Å². The highest BCUT2D eigenvalue weighted by Crippen LogP contribution is 2.57. The highest BCUT2D eigenvalue weighted by atomic mass is 16.3. The summed E-state index contributed by atoms with van der Waals surface area (Å²) in [4.78, 5) is 0. The average molecular weight is 711 g/mol. The maximum atomic E-state index is 6.55. The van der Waals surface area contributed by atoms with Crippen LogP contribution in [-0.4, -0.2) is 0 Å². The van der Waals surface area contributed by atoms with Crippen LogP contribution >= 0.6 is 0 Å². The number of rotatable bonds is 4. The summed E-state index contributed by atoms with van der Waals surface area (Å²) in [5, 5.41) is 9.56. The highest BCUT2D eigenvalue weighted by Gasteiger charge is 2.46. The van der Waals surface area contributed by atoms with Crippen molar-refractivity contribution in [2.24, 2.45) is 0 Å². The van der Waals surface area contributed by atoms with Crippen molar-refractivity contribution in [3.05, 3.63) is 229 Å². The summed E-state index contributed by atoms with van der Waals surface area (Å²) in [6.07, 6.45) is 0. The summed E-state index contributed by atoms with van der Waals surface area (Å²) >= 11 is 0. The third-order valence-corrected chi connectivity index (χ3v) is 12.3. The molecule has 0 aliphatic heterocycles. The zero-order valence-corrected chi connectivity index (χ0v) is 30.5. The summed E-state index contributed by atoms with van der Waals surface area (Å²) in [6.45, 7) is 0. The predicted molar refractivity (Wildman–Crippen MR) is 234 cm³/mol. The van der Waals surface area contributed by atoms with Crippen molar-refractivity contribution in [2.45, 2.75) is 5.41 Å². The molecular formula is C55H34O. The number of benzene rings is 10. The molecule has 0 atom stereocenters. The van der Waals surface area contributed by atoms with Crippen molar-refractivity contribution in [3.8, 4) is 33.4 Å². The average Bonchev–Trinajstić information content (AvgIpc) is 3.79. The van der Waals surface area contributed by atoms with Crippen LogP contribution in [0.1, 0.15) is 22.3 Å². The predicted octanol–water partition coefficient (Wildman–Crippen LogP) is 14.7. The van der Waals surface area contributed by atoms with Gasteiger partial charge in [-0.25, -0.2) is 0 Å². The smallest absolute Gasteiger partial charge is 0.143 e. The molecule has 0 saturated carbocycles. The number of furan rings is 1. The van der Waals surface area contributed by atoms with Crippen LogP contribution < -0.4 is 0 Å². The molecular weight excluding hydrogens is 677 g/mol. The van der Waals surface area contributed by atoms with Gasteiger partial charge < -0.3 is 4.42 Å². The third-order valence-electron chi connectivity index (χ3n) is 12.3. The molecule has 12 rings (SSSR count). The van der Waals surface area contributed by atoms with Crippen molar-refractivity contribution in [2.75, 3.05) is 0 Å². The monoisotopic (exact) mass is 710 g/mol. The van der Waals surface area contributed by atoms with Crippen LogP contribution in [0.3, 0.4) is 0 Å². The zero-order chi connectivity index (χ0) is 36.8. The second-order valence-corrected chi connectivity index (χ2v) is 15.1. The molecule has 1 heterocycles. The van der Waals surface area contributed by atoms with Gasteiger partial charge in [-0.05, 0) is 107 Å². The second kappa shape index (κ2) is 11.9. The number of hydrogen-bond acceptors (Lipinski definition) is 1. The molecule has 56 heavy (non-hydrogen) atoms.